The van der Waals surface area contributed by atoms with Gasteiger partial charge in [-0.2, -0.15) is 0 Å². The van der Waals surface area contributed by atoms with Crippen LogP contribution in [0.1, 0.15) is 27.2 Å². The number of hydrogen-bond acceptors (Lipinski definition) is 2. The quantitative estimate of drug-likeness (QED) is 0.540. The van der Waals surface area contributed by atoms with Crippen LogP contribution in [0.25, 0.3) is 0 Å². The Labute approximate surface area is 56.2 Å². The molecule has 0 aromatic carbocycles. The van der Waals surface area contributed by atoms with Crippen LogP contribution in [0.5, 0.6) is 0 Å². The summed E-state index contributed by atoms with van der Waals surface area (Å²) in [5.41, 5.74) is 0. The first kappa shape index (κ1) is 8.47. The molecule has 2 nitrogen and oxygen atoms in total. The molecule has 0 aliphatic rings. The molecular weight excluding hydrogens is 116 g/mol. The van der Waals surface area contributed by atoms with Gasteiger partial charge in [-0.25, -0.2) is 0 Å². The van der Waals surface area contributed by atoms with Crippen molar-refractivity contribution in [2.45, 2.75) is 33.3 Å². The third-order valence-corrected chi connectivity index (χ3v) is 0.919. The minimum Gasteiger partial charge on any atom is -0.463 e. The monoisotopic (exact) mass is 129 g/mol. The molecule has 0 aromatic rings. The van der Waals surface area contributed by atoms with Crippen molar-refractivity contribution in [2.24, 2.45) is 0 Å². The van der Waals surface area contributed by atoms with Crippen molar-refractivity contribution in [3.05, 3.63) is 6.42 Å². The van der Waals surface area contributed by atoms with Crippen LogP contribution >= 0.6 is 0 Å². The number of rotatable bonds is 3. The van der Waals surface area contributed by atoms with Crippen LogP contribution in [0.4, 0.5) is 0 Å². The second-order valence-electron chi connectivity index (χ2n) is 1.96. The van der Waals surface area contributed by atoms with Gasteiger partial charge in [0.2, 0.25) is 0 Å². The standard InChI is InChI=1S/C7H13O2/c1-4-5-6(2)9-7(3)8/h5-6H,4H2,1-3H3. The third kappa shape index (κ3) is 5.34. The van der Waals surface area contributed by atoms with Crippen molar-refractivity contribution >= 4 is 5.97 Å². The summed E-state index contributed by atoms with van der Waals surface area (Å²) < 4.78 is 4.80. The summed E-state index contributed by atoms with van der Waals surface area (Å²) >= 11 is 0. The third-order valence-electron chi connectivity index (χ3n) is 0.919. The molecule has 0 rings (SSSR count). The van der Waals surface area contributed by atoms with E-state index in [-0.39, 0.29) is 12.1 Å². The van der Waals surface area contributed by atoms with Gasteiger partial charge in [-0.3, -0.25) is 4.79 Å². The van der Waals surface area contributed by atoms with Crippen LogP contribution in [0, 0.1) is 6.42 Å². The van der Waals surface area contributed by atoms with E-state index in [0.29, 0.717) is 0 Å². The summed E-state index contributed by atoms with van der Waals surface area (Å²) in [6.45, 7) is 5.28. The van der Waals surface area contributed by atoms with Crippen molar-refractivity contribution in [1.82, 2.24) is 0 Å². The number of hydrogen-bond donors (Lipinski definition) is 0. The molecule has 0 fully saturated rings. The van der Waals surface area contributed by atoms with Gasteiger partial charge < -0.3 is 4.74 Å². The maximum absolute atomic E-state index is 10.3. The van der Waals surface area contributed by atoms with E-state index in [1.165, 1.54) is 6.92 Å². The molecule has 2 heteroatoms. The van der Waals surface area contributed by atoms with E-state index in [0.717, 1.165) is 6.42 Å². The normalized spacial score (nSPS) is 12.8. The van der Waals surface area contributed by atoms with E-state index in [9.17, 15) is 4.79 Å². The SMILES string of the molecule is CC[CH]C(C)OC(C)=O. The lowest BCUT2D eigenvalue weighted by molar-refractivity contribution is -0.144. The number of carbonyl (C=O) groups is 1. The molecule has 1 unspecified atom stereocenters. The molecule has 0 aliphatic heterocycles. The van der Waals surface area contributed by atoms with E-state index in [1.807, 2.05) is 20.3 Å². The fraction of sp³-hybridized carbons (Fsp3) is 0.714. The van der Waals surface area contributed by atoms with Crippen molar-refractivity contribution in [3.63, 3.8) is 0 Å². The van der Waals surface area contributed by atoms with Gasteiger partial charge in [0.05, 0.1) is 0 Å². The first-order valence-corrected chi connectivity index (χ1v) is 3.17. The average Bonchev–Trinajstić information content (AvgIpc) is 1.63. The first-order chi connectivity index (χ1) is 4.16. The maximum Gasteiger partial charge on any atom is 0.302 e. The summed E-state index contributed by atoms with van der Waals surface area (Å²) in [4.78, 5) is 10.3. The molecular formula is C7H13O2. The van der Waals surface area contributed by atoms with Crippen molar-refractivity contribution < 1.29 is 9.53 Å². The summed E-state index contributed by atoms with van der Waals surface area (Å²) in [6, 6.07) is 0. The Balaban J connectivity index is 3.26. The van der Waals surface area contributed by atoms with Gasteiger partial charge in [-0.1, -0.05) is 6.92 Å². The van der Waals surface area contributed by atoms with E-state index in [2.05, 4.69) is 0 Å². The molecule has 0 saturated carbocycles. The van der Waals surface area contributed by atoms with Gasteiger partial charge in [0.15, 0.2) is 0 Å². The second kappa shape index (κ2) is 4.36. The topological polar surface area (TPSA) is 26.3 Å². The van der Waals surface area contributed by atoms with Crippen molar-refractivity contribution in [2.75, 3.05) is 0 Å². The predicted octanol–water partition coefficient (Wildman–Crippen LogP) is 1.55. The van der Waals surface area contributed by atoms with Crippen LogP contribution in [0.3, 0.4) is 0 Å². The fourth-order valence-corrected chi connectivity index (χ4v) is 0.642. The zero-order valence-corrected chi connectivity index (χ0v) is 6.18. The molecule has 1 atom stereocenters. The Morgan fingerprint density at radius 2 is 2.33 bits per heavy atom. The zero-order chi connectivity index (χ0) is 7.28. The highest BCUT2D eigenvalue weighted by molar-refractivity contribution is 5.66. The summed E-state index contributed by atoms with van der Waals surface area (Å²) in [7, 11) is 0. The summed E-state index contributed by atoms with van der Waals surface area (Å²) in [6.07, 6.45) is 2.85. The van der Waals surface area contributed by atoms with Crippen LogP contribution in [0.15, 0.2) is 0 Å². The highest BCUT2D eigenvalue weighted by Gasteiger charge is 2.01. The van der Waals surface area contributed by atoms with Crippen molar-refractivity contribution in [3.8, 4) is 0 Å². The lowest BCUT2D eigenvalue weighted by atomic mass is 10.2. The molecule has 0 saturated heterocycles. The molecule has 0 amide bonds. The lowest BCUT2D eigenvalue weighted by Crippen LogP contribution is -2.11. The Hall–Kier alpha value is -0.530. The van der Waals surface area contributed by atoms with Gasteiger partial charge in [0.1, 0.15) is 6.10 Å². The molecule has 0 bridgehead atoms. The smallest absolute Gasteiger partial charge is 0.302 e. The molecule has 0 aromatic heterocycles. The Bertz CT molecular complexity index is 88.9. The fourth-order valence-electron chi connectivity index (χ4n) is 0.642. The Morgan fingerprint density at radius 1 is 1.78 bits per heavy atom. The Morgan fingerprint density at radius 3 is 2.67 bits per heavy atom. The van der Waals surface area contributed by atoms with Crippen LogP contribution < -0.4 is 0 Å². The molecule has 0 spiro atoms. The lowest BCUT2D eigenvalue weighted by Gasteiger charge is -2.08. The molecule has 0 N–H and O–H groups in total. The van der Waals surface area contributed by atoms with Crippen LogP contribution in [0.2, 0.25) is 0 Å². The number of esters is 1. The minimum absolute atomic E-state index is 0.0347. The first-order valence-electron chi connectivity index (χ1n) is 3.17. The zero-order valence-electron chi connectivity index (χ0n) is 6.18. The number of ether oxygens (including phenoxy) is 1. The molecule has 0 aliphatic carbocycles. The minimum atomic E-state index is -0.216. The van der Waals surface area contributed by atoms with Gasteiger partial charge in [-0.05, 0) is 13.3 Å². The van der Waals surface area contributed by atoms with E-state index < -0.39 is 0 Å². The van der Waals surface area contributed by atoms with Gasteiger partial charge in [-0.15, -0.1) is 0 Å². The van der Waals surface area contributed by atoms with Crippen LogP contribution in [-0.4, -0.2) is 12.1 Å². The van der Waals surface area contributed by atoms with E-state index in [4.69, 9.17) is 4.74 Å². The second-order valence-corrected chi connectivity index (χ2v) is 1.96. The summed E-state index contributed by atoms with van der Waals surface area (Å²) in [5.74, 6) is -0.216. The molecule has 0 heterocycles. The maximum atomic E-state index is 10.3. The van der Waals surface area contributed by atoms with Gasteiger partial charge in [0, 0.05) is 13.3 Å². The van der Waals surface area contributed by atoms with Crippen LogP contribution in [-0.2, 0) is 9.53 Å². The average molecular weight is 129 g/mol. The highest BCUT2D eigenvalue weighted by atomic mass is 16.5. The Kier molecular flexibility index (Phi) is 4.10. The van der Waals surface area contributed by atoms with Crippen molar-refractivity contribution in [1.29, 1.82) is 0 Å². The van der Waals surface area contributed by atoms with Gasteiger partial charge >= 0.3 is 5.97 Å². The van der Waals surface area contributed by atoms with E-state index in [1.54, 1.807) is 0 Å². The van der Waals surface area contributed by atoms with Gasteiger partial charge in [0.25, 0.3) is 0 Å². The predicted molar refractivity (Wildman–Crippen MR) is 35.8 cm³/mol. The molecule has 53 valence electrons. The summed E-state index contributed by atoms with van der Waals surface area (Å²) in [5, 5.41) is 0. The largest absolute Gasteiger partial charge is 0.463 e. The number of carbonyl (C=O) groups excluding carboxylic acids is 1. The molecule has 1 radical (unpaired) electrons. The highest BCUT2D eigenvalue weighted by Crippen LogP contribution is 1.98. The molecule has 9 heavy (non-hydrogen) atoms. The van der Waals surface area contributed by atoms with E-state index >= 15 is 0 Å².